The molecule has 7 aliphatic rings. The molecule has 268 valence electrons. The van der Waals surface area contributed by atoms with E-state index in [2.05, 4.69) is 39.5 Å². The highest BCUT2D eigenvalue weighted by molar-refractivity contribution is 8.17. The van der Waals surface area contributed by atoms with Gasteiger partial charge in [0.15, 0.2) is 0 Å². The Hall–Kier alpha value is -0.770. The van der Waals surface area contributed by atoms with Gasteiger partial charge < -0.3 is 9.05 Å². The Bertz CT molecular complexity index is 1910. The molecule has 0 N–H and O–H groups in total. The smallest absolute Gasteiger partial charge is 0.352 e. The SMILES string of the molecule is C[C@]12CC[C@@H]3c4ccc(OP5(Cl)=NP(Cl)(Cl)=NP(Cl)(Oc6ccc7c(c6)CC[C@@H]6[C@@H]7CC[C@]7(C)C(=O)CC[C@@H]67)=N5)cc4CC[C@H]3[C@@H]1CCC2=O. The summed E-state index contributed by atoms with van der Waals surface area (Å²) in [4.78, 5) is 25.5. The van der Waals surface area contributed by atoms with E-state index in [0.29, 0.717) is 58.6 Å². The van der Waals surface area contributed by atoms with Crippen molar-refractivity contribution >= 4 is 76.0 Å². The minimum Gasteiger partial charge on any atom is -0.431 e. The maximum atomic E-state index is 12.8. The lowest BCUT2D eigenvalue weighted by molar-refractivity contribution is -0.130. The van der Waals surface area contributed by atoms with Crippen molar-refractivity contribution in [2.24, 2.45) is 48.0 Å². The molecule has 2 aromatic carbocycles. The molecule has 1 aliphatic heterocycles. The zero-order valence-corrected chi connectivity index (χ0v) is 33.9. The Morgan fingerprint density at radius 3 is 1.56 bits per heavy atom. The van der Waals surface area contributed by atoms with Crippen LogP contribution in [-0.2, 0) is 22.4 Å². The number of Topliss-reactive ketones (excluding diaryl/α,β-unsaturated/α-hetero) is 2. The molecule has 0 aromatic heterocycles. The van der Waals surface area contributed by atoms with Gasteiger partial charge in [-0.05, 0) is 191 Å². The van der Waals surface area contributed by atoms with Crippen LogP contribution >= 0.6 is 64.4 Å². The number of halogens is 4. The molecule has 2 unspecified atom stereocenters. The van der Waals surface area contributed by atoms with Crippen molar-refractivity contribution in [1.82, 2.24) is 0 Å². The Balaban J connectivity index is 0.954. The maximum absolute atomic E-state index is 12.8. The van der Waals surface area contributed by atoms with E-state index >= 15 is 0 Å². The first-order chi connectivity index (χ1) is 23.7. The Morgan fingerprint density at radius 2 is 1.08 bits per heavy atom. The molecule has 0 amide bonds. The molecule has 0 radical (unpaired) electrons. The Morgan fingerprint density at radius 1 is 0.620 bits per heavy atom. The Kier molecular flexibility index (Phi) is 8.47. The standard InChI is InChI=1S/C36H42Cl4N3O4P3/c1-35-17-15-27-25-9-5-23(19-21(25)3-7-29(27)31(35)11-13-33(35)44)46-49(39)41-48(37,38)42-50(40,43-49)47-24-6-10-26-22(20-24)4-8-30-28(26)16-18-36(2)32(30)12-14-34(36)45/h5-6,9-10,19-20,27-32H,3-4,7-8,11-18H2,1-2H3/t27-,28-,29-,30-,31+,32+,35+,36+,49?,50?/m1/s1. The highest BCUT2D eigenvalue weighted by Gasteiger charge is 2.56. The summed E-state index contributed by atoms with van der Waals surface area (Å²) in [5.41, 5.74) is 4.87. The molecule has 0 saturated heterocycles. The second-order valence-electron chi connectivity index (χ2n) is 16.2. The fourth-order valence-corrected chi connectivity index (χ4v) is 26.3. The molecule has 2 aromatic rings. The summed E-state index contributed by atoms with van der Waals surface area (Å²) in [6, 6.07) is 12.3. The summed E-state index contributed by atoms with van der Waals surface area (Å²) in [5, 5.41) is 0. The number of ketones is 2. The lowest BCUT2D eigenvalue weighted by atomic mass is 9.55. The van der Waals surface area contributed by atoms with Gasteiger partial charge in [-0.25, -0.2) is 0 Å². The summed E-state index contributed by atoms with van der Waals surface area (Å²) in [6.07, 6.45) is 11.4. The van der Waals surface area contributed by atoms with Crippen molar-refractivity contribution < 1.29 is 18.6 Å². The van der Waals surface area contributed by atoms with Crippen LogP contribution in [0.4, 0.5) is 0 Å². The van der Waals surface area contributed by atoms with Gasteiger partial charge >= 0.3 is 13.6 Å². The van der Waals surface area contributed by atoms with Crippen LogP contribution in [0.1, 0.15) is 112 Å². The van der Waals surface area contributed by atoms with Gasteiger partial charge in [0.1, 0.15) is 23.1 Å². The minimum absolute atomic E-state index is 0.151. The van der Waals surface area contributed by atoms with Crippen molar-refractivity contribution in [2.45, 2.75) is 103 Å². The van der Waals surface area contributed by atoms with Crippen LogP contribution in [0.15, 0.2) is 49.9 Å². The summed E-state index contributed by atoms with van der Waals surface area (Å²) in [6.45, 7) is -2.56. The molecule has 7 nitrogen and oxygen atoms in total. The van der Waals surface area contributed by atoms with Crippen LogP contribution in [0.5, 0.6) is 11.5 Å². The number of hydrogen-bond donors (Lipinski definition) is 0. The molecule has 4 fully saturated rings. The first kappa shape index (κ1) is 35.0. The largest absolute Gasteiger partial charge is 0.431 e. The number of fused-ring (bicyclic) bond motifs is 10. The third kappa shape index (κ3) is 5.69. The van der Waals surface area contributed by atoms with E-state index < -0.39 is 19.5 Å². The highest BCUT2D eigenvalue weighted by Crippen LogP contribution is 2.85. The van der Waals surface area contributed by atoms with Gasteiger partial charge in [-0.2, -0.15) is 9.03 Å². The second kappa shape index (κ2) is 12.1. The van der Waals surface area contributed by atoms with Crippen LogP contribution in [0.25, 0.3) is 0 Å². The molecule has 9 rings (SSSR count). The number of nitrogens with zero attached hydrogens (tertiary/aromatic N) is 3. The number of aryl methyl sites for hydroxylation is 2. The van der Waals surface area contributed by atoms with Crippen LogP contribution in [0, 0.1) is 34.5 Å². The average Bonchev–Trinajstić information content (AvgIpc) is 3.52. The quantitative estimate of drug-likeness (QED) is 0.288. The van der Waals surface area contributed by atoms with Gasteiger partial charge in [-0.1, -0.05) is 26.0 Å². The molecule has 1 heterocycles. The molecular weight excluding hydrogens is 773 g/mol. The van der Waals surface area contributed by atoms with Gasteiger partial charge in [-0.3, -0.25) is 9.59 Å². The number of carbonyl (C=O) groups is 2. The fraction of sp³-hybridized carbons (Fsp3) is 0.611. The predicted molar refractivity (Wildman–Crippen MR) is 205 cm³/mol. The summed E-state index contributed by atoms with van der Waals surface area (Å²) < 4.78 is 26.2. The normalized spacial score (nSPS) is 42.3. The lowest BCUT2D eigenvalue weighted by Crippen LogP contribution is -2.42. The summed E-state index contributed by atoms with van der Waals surface area (Å²) in [7, 11) is 0. The second-order valence-corrected chi connectivity index (χ2v) is 27.5. The molecule has 10 atom stereocenters. The van der Waals surface area contributed by atoms with Gasteiger partial charge in [0.2, 0.25) is 0 Å². The molecule has 50 heavy (non-hydrogen) atoms. The number of carbonyl (C=O) groups excluding carboxylic acids is 2. The van der Waals surface area contributed by atoms with Gasteiger partial charge in [0.25, 0.3) is 5.91 Å². The lowest BCUT2D eigenvalue weighted by Gasteiger charge is -2.48. The maximum Gasteiger partial charge on any atom is 0.352 e. The number of benzene rings is 2. The van der Waals surface area contributed by atoms with Crippen molar-refractivity contribution in [2.75, 3.05) is 0 Å². The molecule has 4 saturated carbocycles. The third-order valence-electron chi connectivity index (χ3n) is 13.9. The summed E-state index contributed by atoms with van der Waals surface area (Å²) in [5.74, 6) is 1.57. The van der Waals surface area contributed by atoms with Crippen molar-refractivity contribution in [3.05, 3.63) is 58.7 Å². The molecule has 0 bridgehead atoms. The van der Waals surface area contributed by atoms with Crippen molar-refractivity contribution in [1.29, 1.82) is 0 Å². The first-order valence-electron chi connectivity index (χ1n) is 18.1. The van der Waals surface area contributed by atoms with E-state index in [4.69, 9.17) is 54.0 Å². The van der Waals surface area contributed by atoms with E-state index in [-0.39, 0.29) is 10.8 Å². The van der Waals surface area contributed by atoms with Crippen molar-refractivity contribution in [3.8, 4) is 11.5 Å². The number of rotatable bonds is 4. The Labute approximate surface area is 313 Å². The predicted octanol–water partition coefficient (Wildman–Crippen LogP) is 13.8. The molecule has 14 heteroatoms. The van der Waals surface area contributed by atoms with E-state index in [9.17, 15) is 9.59 Å². The third-order valence-corrected chi connectivity index (χ3v) is 25.3. The topological polar surface area (TPSA) is 89.7 Å². The van der Waals surface area contributed by atoms with E-state index in [1.807, 2.05) is 24.3 Å². The van der Waals surface area contributed by atoms with E-state index in [1.165, 1.54) is 22.3 Å². The average molecular weight is 815 g/mol. The highest BCUT2D eigenvalue weighted by atomic mass is 35.9. The fourth-order valence-electron chi connectivity index (χ4n) is 11.6. The molecular formula is C36H42Cl4N3O4P3. The zero-order valence-electron chi connectivity index (χ0n) is 28.2. The monoisotopic (exact) mass is 813 g/mol. The van der Waals surface area contributed by atoms with E-state index in [0.717, 1.165) is 77.0 Å². The molecule has 6 aliphatic carbocycles. The van der Waals surface area contributed by atoms with Crippen LogP contribution < -0.4 is 9.05 Å². The van der Waals surface area contributed by atoms with E-state index in [1.54, 1.807) is 0 Å². The van der Waals surface area contributed by atoms with Crippen LogP contribution in [0.2, 0.25) is 0 Å². The van der Waals surface area contributed by atoms with Gasteiger partial charge in [-0.15, -0.1) is 4.52 Å². The summed E-state index contributed by atoms with van der Waals surface area (Å²) >= 11 is 27.4. The minimum atomic E-state index is -3.48. The molecule has 0 spiro atoms. The van der Waals surface area contributed by atoms with Crippen LogP contribution in [-0.4, -0.2) is 11.6 Å². The zero-order chi connectivity index (χ0) is 34.8. The number of hydrogen-bond acceptors (Lipinski definition) is 7. The van der Waals surface area contributed by atoms with Gasteiger partial charge in [0.05, 0.1) is 0 Å². The van der Waals surface area contributed by atoms with Gasteiger partial charge in [0, 0.05) is 23.7 Å². The first-order valence-corrected chi connectivity index (χ1v) is 26.6. The van der Waals surface area contributed by atoms with Crippen LogP contribution in [0.3, 0.4) is 0 Å². The van der Waals surface area contributed by atoms with Crippen molar-refractivity contribution in [3.63, 3.8) is 0 Å².